The highest BCUT2D eigenvalue weighted by molar-refractivity contribution is 5.52. The van der Waals surface area contributed by atoms with Crippen LogP contribution in [0.1, 0.15) is 24.0 Å². The molecule has 0 radical (unpaired) electrons. The third-order valence-corrected chi connectivity index (χ3v) is 4.38. The maximum absolute atomic E-state index is 5.57. The first-order valence-corrected chi connectivity index (χ1v) is 6.79. The Bertz CT molecular complexity index is 444. The van der Waals surface area contributed by atoms with Gasteiger partial charge >= 0.3 is 0 Å². The van der Waals surface area contributed by atoms with E-state index >= 15 is 0 Å². The highest BCUT2D eigenvalue weighted by Gasteiger charge is 2.32. The molecule has 1 unspecified atom stereocenters. The van der Waals surface area contributed by atoms with Crippen molar-refractivity contribution in [3.8, 4) is 11.5 Å². The van der Waals surface area contributed by atoms with Crippen LogP contribution >= 0.6 is 0 Å². The largest absolute Gasteiger partial charge is 0.493 e. The van der Waals surface area contributed by atoms with Gasteiger partial charge in [-0.15, -0.1) is 0 Å². The second-order valence-corrected chi connectivity index (χ2v) is 5.31. The van der Waals surface area contributed by atoms with Crippen LogP contribution in [0.2, 0.25) is 0 Å². The molecule has 18 heavy (non-hydrogen) atoms. The lowest BCUT2D eigenvalue weighted by atomic mass is 9.76. The molecule has 1 N–H and O–H groups in total. The van der Waals surface area contributed by atoms with Gasteiger partial charge in [0.15, 0.2) is 11.5 Å². The number of hydrogen-bond donors (Lipinski definition) is 1. The third-order valence-electron chi connectivity index (χ3n) is 4.38. The maximum Gasteiger partial charge on any atom is 0.164 e. The fourth-order valence-corrected chi connectivity index (χ4v) is 3.45. The van der Waals surface area contributed by atoms with E-state index < -0.39 is 0 Å². The number of methoxy groups -OCH3 is 2. The van der Waals surface area contributed by atoms with Crippen LogP contribution in [0.5, 0.6) is 11.5 Å². The van der Waals surface area contributed by atoms with Gasteiger partial charge in [-0.25, -0.2) is 0 Å². The zero-order valence-electron chi connectivity index (χ0n) is 11.2. The summed E-state index contributed by atoms with van der Waals surface area (Å²) < 4.78 is 11.0. The molecule has 2 atom stereocenters. The number of benzene rings is 1. The molecule has 3 heteroatoms. The summed E-state index contributed by atoms with van der Waals surface area (Å²) in [5, 5.41) is 3.66. The van der Waals surface area contributed by atoms with Gasteiger partial charge < -0.3 is 14.8 Å². The van der Waals surface area contributed by atoms with Crippen LogP contribution in [0.15, 0.2) is 12.1 Å². The molecule has 1 aromatic carbocycles. The van der Waals surface area contributed by atoms with Gasteiger partial charge in [0.2, 0.25) is 0 Å². The quantitative estimate of drug-likeness (QED) is 0.869. The van der Waals surface area contributed by atoms with E-state index in [2.05, 4.69) is 11.4 Å². The van der Waals surface area contributed by atoms with E-state index in [9.17, 15) is 0 Å². The zero-order valence-corrected chi connectivity index (χ0v) is 11.2. The summed E-state index contributed by atoms with van der Waals surface area (Å²) in [6, 6.07) is 4.88. The van der Waals surface area contributed by atoms with E-state index in [0.717, 1.165) is 30.3 Å². The van der Waals surface area contributed by atoms with Gasteiger partial charge in [0.1, 0.15) is 0 Å². The Labute approximate surface area is 108 Å². The minimum atomic E-state index is 0.657. The minimum Gasteiger partial charge on any atom is -0.493 e. The molecule has 3 rings (SSSR count). The summed E-state index contributed by atoms with van der Waals surface area (Å²) in [5.74, 6) is 2.56. The van der Waals surface area contributed by atoms with Crippen molar-refractivity contribution >= 4 is 0 Å². The Hall–Kier alpha value is -1.22. The monoisotopic (exact) mass is 247 g/mol. The first-order chi connectivity index (χ1) is 8.83. The van der Waals surface area contributed by atoms with Crippen LogP contribution in [-0.2, 0) is 12.8 Å². The van der Waals surface area contributed by atoms with Crippen LogP contribution < -0.4 is 14.8 Å². The first kappa shape index (κ1) is 11.8. The lowest BCUT2D eigenvalue weighted by Crippen LogP contribution is -2.46. The number of ether oxygens (including phenoxy) is 2. The van der Waals surface area contributed by atoms with E-state index in [0.29, 0.717) is 6.04 Å². The fourth-order valence-electron chi connectivity index (χ4n) is 3.45. The van der Waals surface area contributed by atoms with E-state index in [1.165, 1.54) is 30.5 Å². The molecule has 0 saturated carbocycles. The van der Waals surface area contributed by atoms with Crippen molar-refractivity contribution in [3.05, 3.63) is 23.3 Å². The van der Waals surface area contributed by atoms with Crippen LogP contribution in [0.25, 0.3) is 0 Å². The van der Waals surface area contributed by atoms with E-state index in [1.807, 2.05) is 6.07 Å². The van der Waals surface area contributed by atoms with Gasteiger partial charge in [-0.05, 0) is 49.8 Å². The Morgan fingerprint density at radius 2 is 2.06 bits per heavy atom. The van der Waals surface area contributed by atoms with Crippen molar-refractivity contribution in [2.24, 2.45) is 5.92 Å². The summed E-state index contributed by atoms with van der Waals surface area (Å²) in [4.78, 5) is 0. The van der Waals surface area contributed by atoms with Gasteiger partial charge in [-0.3, -0.25) is 0 Å². The van der Waals surface area contributed by atoms with Crippen molar-refractivity contribution in [1.29, 1.82) is 0 Å². The lowest BCUT2D eigenvalue weighted by Gasteiger charge is -2.38. The maximum atomic E-state index is 5.57. The fraction of sp³-hybridized carbons (Fsp3) is 0.600. The summed E-state index contributed by atoms with van der Waals surface area (Å²) in [7, 11) is 3.45. The van der Waals surface area contributed by atoms with E-state index in [1.54, 1.807) is 14.2 Å². The molecule has 0 bridgehead atoms. The number of piperidine rings is 1. The predicted octanol–water partition coefficient (Wildman–Crippen LogP) is 2.17. The van der Waals surface area contributed by atoms with Gasteiger partial charge in [0.25, 0.3) is 0 Å². The standard InChI is InChI=1S/C15H21NO2/c1-17-14-6-5-10-9-13-11(4-3-7-16-13)8-12(10)15(14)18-2/h5-6,11,13,16H,3-4,7-9H2,1-2H3/t11?,13-/m0/s1. The smallest absolute Gasteiger partial charge is 0.164 e. The average molecular weight is 247 g/mol. The molecule has 1 aliphatic heterocycles. The van der Waals surface area contributed by atoms with Crippen LogP contribution in [0.3, 0.4) is 0 Å². The Morgan fingerprint density at radius 3 is 2.83 bits per heavy atom. The molecular weight excluding hydrogens is 226 g/mol. The van der Waals surface area contributed by atoms with Crippen molar-refractivity contribution < 1.29 is 9.47 Å². The molecule has 1 aromatic rings. The van der Waals surface area contributed by atoms with Crippen molar-refractivity contribution in [2.45, 2.75) is 31.7 Å². The van der Waals surface area contributed by atoms with Gasteiger partial charge in [-0.2, -0.15) is 0 Å². The Kier molecular flexibility index (Phi) is 3.16. The molecule has 2 aliphatic rings. The highest BCUT2D eigenvalue weighted by Crippen LogP contribution is 2.40. The highest BCUT2D eigenvalue weighted by atomic mass is 16.5. The topological polar surface area (TPSA) is 30.5 Å². The molecule has 1 aliphatic carbocycles. The number of nitrogens with one attached hydrogen (secondary N) is 1. The zero-order chi connectivity index (χ0) is 12.5. The first-order valence-electron chi connectivity index (χ1n) is 6.79. The van der Waals surface area contributed by atoms with Crippen molar-refractivity contribution in [3.63, 3.8) is 0 Å². The third kappa shape index (κ3) is 1.87. The number of rotatable bonds is 2. The predicted molar refractivity (Wildman–Crippen MR) is 71.5 cm³/mol. The Morgan fingerprint density at radius 1 is 1.17 bits per heavy atom. The van der Waals surface area contributed by atoms with Gasteiger partial charge in [0, 0.05) is 11.6 Å². The summed E-state index contributed by atoms with van der Waals surface area (Å²) in [6.07, 6.45) is 4.87. The molecule has 0 aromatic heterocycles. The SMILES string of the molecule is COc1ccc2c(c1OC)CC1CCCN[C@H]1C2. The normalized spacial score (nSPS) is 26.1. The van der Waals surface area contributed by atoms with Crippen LogP contribution in [0.4, 0.5) is 0 Å². The van der Waals surface area contributed by atoms with Gasteiger partial charge in [0.05, 0.1) is 14.2 Å². The molecule has 1 saturated heterocycles. The van der Waals surface area contributed by atoms with Crippen molar-refractivity contribution in [2.75, 3.05) is 20.8 Å². The summed E-state index contributed by atoms with van der Waals surface area (Å²) in [6.45, 7) is 1.17. The van der Waals surface area contributed by atoms with Crippen LogP contribution in [0, 0.1) is 5.92 Å². The molecule has 0 spiro atoms. The molecule has 1 fully saturated rings. The second-order valence-electron chi connectivity index (χ2n) is 5.31. The number of fused-ring (bicyclic) bond motifs is 2. The van der Waals surface area contributed by atoms with Crippen molar-refractivity contribution in [1.82, 2.24) is 5.32 Å². The molecule has 98 valence electrons. The number of hydrogen-bond acceptors (Lipinski definition) is 3. The van der Waals surface area contributed by atoms with Gasteiger partial charge in [-0.1, -0.05) is 6.07 Å². The summed E-state index contributed by atoms with van der Waals surface area (Å²) >= 11 is 0. The Balaban J connectivity index is 1.99. The minimum absolute atomic E-state index is 0.657. The molecule has 1 heterocycles. The van der Waals surface area contributed by atoms with E-state index in [4.69, 9.17) is 9.47 Å². The second kappa shape index (κ2) is 4.81. The molecular formula is C15H21NO2. The molecule has 3 nitrogen and oxygen atoms in total. The summed E-state index contributed by atoms with van der Waals surface area (Å²) in [5.41, 5.74) is 2.78. The van der Waals surface area contributed by atoms with Crippen LogP contribution in [-0.4, -0.2) is 26.8 Å². The average Bonchev–Trinajstić information content (AvgIpc) is 2.43. The van der Waals surface area contributed by atoms with E-state index in [-0.39, 0.29) is 0 Å². The lowest BCUT2D eigenvalue weighted by molar-refractivity contribution is 0.257. The molecule has 0 amide bonds.